The molecule has 1 aromatic carbocycles. The molecule has 0 spiro atoms. The molecule has 0 aliphatic rings. The van der Waals surface area contributed by atoms with Gasteiger partial charge in [-0.3, -0.25) is 4.98 Å². The molecule has 3 nitrogen and oxygen atoms in total. The van der Waals surface area contributed by atoms with Crippen LogP contribution < -0.4 is 10.1 Å². The molecule has 0 unspecified atom stereocenters. The van der Waals surface area contributed by atoms with Gasteiger partial charge in [0.05, 0.1) is 6.20 Å². The SMILES string of the molecule is CCCc1ccc(Oc2cncc(CNC(C)C)c2)cc1. The molecule has 0 bridgehead atoms. The first-order chi connectivity index (χ1) is 10.2. The number of benzene rings is 1. The lowest BCUT2D eigenvalue weighted by Crippen LogP contribution is -2.21. The number of hydrogen-bond donors (Lipinski definition) is 1. The van der Waals surface area contributed by atoms with Crippen LogP contribution in [0.4, 0.5) is 0 Å². The summed E-state index contributed by atoms with van der Waals surface area (Å²) < 4.78 is 5.87. The predicted octanol–water partition coefficient (Wildman–Crippen LogP) is 4.32. The van der Waals surface area contributed by atoms with Crippen LogP contribution in [0, 0.1) is 0 Å². The Balaban J connectivity index is 2.00. The first-order valence-corrected chi connectivity index (χ1v) is 7.61. The van der Waals surface area contributed by atoms with E-state index in [-0.39, 0.29) is 0 Å². The van der Waals surface area contributed by atoms with Crippen LogP contribution in [-0.2, 0) is 13.0 Å². The third-order valence-electron chi connectivity index (χ3n) is 3.18. The summed E-state index contributed by atoms with van der Waals surface area (Å²) in [6.07, 6.45) is 5.89. The third kappa shape index (κ3) is 5.20. The summed E-state index contributed by atoms with van der Waals surface area (Å²) in [5.41, 5.74) is 2.47. The molecular formula is C18H24N2O. The lowest BCUT2D eigenvalue weighted by molar-refractivity contribution is 0.478. The molecule has 0 aliphatic carbocycles. The highest BCUT2D eigenvalue weighted by atomic mass is 16.5. The van der Waals surface area contributed by atoms with Crippen molar-refractivity contribution in [1.82, 2.24) is 10.3 Å². The maximum Gasteiger partial charge on any atom is 0.146 e. The van der Waals surface area contributed by atoms with Crippen LogP contribution in [-0.4, -0.2) is 11.0 Å². The average molecular weight is 284 g/mol. The van der Waals surface area contributed by atoms with Crippen molar-refractivity contribution >= 4 is 0 Å². The molecule has 0 fully saturated rings. The third-order valence-corrected chi connectivity index (χ3v) is 3.18. The molecule has 0 aliphatic heterocycles. The molecule has 0 saturated heterocycles. The van der Waals surface area contributed by atoms with Crippen LogP contribution in [0.15, 0.2) is 42.7 Å². The van der Waals surface area contributed by atoms with E-state index in [9.17, 15) is 0 Å². The van der Waals surface area contributed by atoms with Crippen LogP contribution >= 0.6 is 0 Å². The van der Waals surface area contributed by atoms with Crippen LogP contribution in [0.25, 0.3) is 0 Å². The summed E-state index contributed by atoms with van der Waals surface area (Å²) >= 11 is 0. The lowest BCUT2D eigenvalue weighted by atomic mass is 10.1. The molecule has 21 heavy (non-hydrogen) atoms. The zero-order chi connectivity index (χ0) is 15.1. The number of hydrogen-bond acceptors (Lipinski definition) is 3. The van der Waals surface area contributed by atoms with Crippen LogP contribution in [0.1, 0.15) is 38.3 Å². The van der Waals surface area contributed by atoms with E-state index in [0.29, 0.717) is 6.04 Å². The van der Waals surface area contributed by atoms with E-state index in [1.165, 1.54) is 5.56 Å². The van der Waals surface area contributed by atoms with Gasteiger partial charge in [0.2, 0.25) is 0 Å². The Kier molecular flexibility index (Phi) is 5.76. The van der Waals surface area contributed by atoms with Crippen molar-refractivity contribution in [1.29, 1.82) is 0 Å². The molecule has 2 aromatic rings. The van der Waals surface area contributed by atoms with Gasteiger partial charge in [-0.1, -0.05) is 39.3 Å². The van der Waals surface area contributed by atoms with Crippen molar-refractivity contribution in [2.24, 2.45) is 0 Å². The van der Waals surface area contributed by atoms with E-state index in [0.717, 1.165) is 36.4 Å². The van der Waals surface area contributed by atoms with E-state index < -0.39 is 0 Å². The molecule has 1 heterocycles. The normalized spacial score (nSPS) is 10.9. The average Bonchev–Trinajstić information content (AvgIpc) is 2.48. The Morgan fingerprint density at radius 1 is 1.05 bits per heavy atom. The number of rotatable bonds is 7. The molecular weight excluding hydrogens is 260 g/mol. The minimum Gasteiger partial charge on any atom is -0.456 e. The van der Waals surface area contributed by atoms with Gasteiger partial charge in [0.1, 0.15) is 11.5 Å². The van der Waals surface area contributed by atoms with Gasteiger partial charge in [0.25, 0.3) is 0 Å². The van der Waals surface area contributed by atoms with E-state index in [1.54, 1.807) is 6.20 Å². The maximum absolute atomic E-state index is 5.87. The molecule has 0 atom stereocenters. The number of nitrogens with one attached hydrogen (secondary N) is 1. The van der Waals surface area contributed by atoms with Crippen molar-refractivity contribution in [3.8, 4) is 11.5 Å². The van der Waals surface area contributed by atoms with Gasteiger partial charge in [0, 0.05) is 18.8 Å². The number of ether oxygens (including phenoxy) is 1. The molecule has 1 N–H and O–H groups in total. The first kappa shape index (κ1) is 15.5. The lowest BCUT2D eigenvalue weighted by Gasteiger charge is -2.10. The van der Waals surface area contributed by atoms with Gasteiger partial charge in [0.15, 0.2) is 0 Å². The fourth-order valence-electron chi connectivity index (χ4n) is 2.09. The Morgan fingerprint density at radius 2 is 1.81 bits per heavy atom. The second-order valence-electron chi connectivity index (χ2n) is 5.56. The predicted molar refractivity (Wildman–Crippen MR) is 86.7 cm³/mol. The summed E-state index contributed by atoms with van der Waals surface area (Å²) in [6, 6.07) is 10.8. The van der Waals surface area contributed by atoms with Crippen molar-refractivity contribution in [2.45, 2.75) is 46.2 Å². The zero-order valence-electron chi connectivity index (χ0n) is 13.1. The quantitative estimate of drug-likeness (QED) is 0.822. The minimum atomic E-state index is 0.459. The topological polar surface area (TPSA) is 34.1 Å². The van der Waals surface area contributed by atoms with Crippen LogP contribution in [0.5, 0.6) is 11.5 Å². The second kappa shape index (κ2) is 7.79. The second-order valence-corrected chi connectivity index (χ2v) is 5.56. The minimum absolute atomic E-state index is 0.459. The van der Waals surface area contributed by atoms with Gasteiger partial charge in [-0.15, -0.1) is 0 Å². The molecule has 3 heteroatoms. The monoisotopic (exact) mass is 284 g/mol. The van der Waals surface area contributed by atoms with E-state index in [1.807, 2.05) is 24.4 Å². The highest BCUT2D eigenvalue weighted by Crippen LogP contribution is 2.22. The van der Waals surface area contributed by atoms with E-state index in [4.69, 9.17) is 4.74 Å². The summed E-state index contributed by atoms with van der Waals surface area (Å²) in [4.78, 5) is 4.24. The fraction of sp³-hybridized carbons (Fsp3) is 0.389. The van der Waals surface area contributed by atoms with Crippen molar-refractivity contribution in [3.05, 3.63) is 53.9 Å². The summed E-state index contributed by atoms with van der Waals surface area (Å²) in [6.45, 7) is 7.25. The summed E-state index contributed by atoms with van der Waals surface area (Å²) in [5.74, 6) is 1.63. The largest absolute Gasteiger partial charge is 0.456 e. The maximum atomic E-state index is 5.87. The fourth-order valence-corrected chi connectivity index (χ4v) is 2.09. The molecule has 2 rings (SSSR count). The Labute approximate surface area is 127 Å². The van der Waals surface area contributed by atoms with Gasteiger partial charge < -0.3 is 10.1 Å². The number of aromatic nitrogens is 1. The summed E-state index contributed by atoms with van der Waals surface area (Å²) in [5, 5.41) is 3.38. The summed E-state index contributed by atoms with van der Waals surface area (Å²) in [7, 11) is 0. The Hall–Kier alpha value is -1.87. The smallest absolute Gasteiger partial charge is 0.146 e. The molecule has 0 saturated carbocycles. The van der Waals surface area contributed by atoms with Crippen LogP contribution in [0.3, 0.4) is 0 Å². The Morgan fingerprint density at radius 3 is 2.48 bits per heavy atom. The number of pyridine rings is 1. The highest BCUT2D eigenvalue weighted by molar-refractivity contribution is 5.33. The number of aryl methyl sites for hydroxylation is 1. The van der Waals surface area contributed by atoms with Gasteiger partial charge in [-0.2, -0.15) is 0 Å². The van der Waals surface area contributed by atoms with Crippen molar-refractivity contribution in [3.63, 3.8) is 0 Å². The number of nitrogens with zero attached hydrogens (tertiary/aromatic N) is 1. The van der Waals surface area contributed by atoms with Gasteiger partial charge in [-0.05, 0) is 35.7 Å². The first-order valence-electron chi connectivity index (χ1n) is 7.61. The van der Waals surface area contributed by atoms with Gasteiger partial charge in [-0.25, -0.2) is 0 Å². The Bertz CT molecular complexity index is 549. The van der Waals surface area contributed by atoms with Crippen molar-refractivity contribution in [2.75, 3.05) is 0 Å². The van der Waals surface area contributed by atoms with E-state index in [2.05, 4.69) is 43.2 Å². The molecule has 0 amide bonds. The molecule has 0 radical (unpaired) electrons. The standard InChI is InChI=1S/C18H24N2O/c1-4-5-15-6-8-17(9-7-15)21-18-10-16(11-19-13-18)12-20-14(2)3/h6-11,13-14,20H,4-5,12H2,1-3H3. The molecule has 1 aromatic heterocycles. The van der Waals surface area contributed by atoms with Gasteiger partial charge >= 0.3 is 0 Å². The van der Waals surface area contributed by atoms with Crippen LogP contribution in [0.2, 0.25) is 0 Å². The zero-order valence-corrected chi connectivity index (χ0v) is 13.1. The van der Waals surface area contributed by atoms with E-state index >= 15 is 0 Å². The molecule has 112 valence electrons. The van der Waals surface area contributed by atoms with Crippen molar-refractivity contribution < 1.29 is 4.74 Å². The highest BCUT2D eigenvalue weighted by Gasteiger charge is 2.01.